The number of carbonyl (C=O) groups excluding carboxylic acids is 1. The van der Waals surface area contributed by atoms with Crippen LogP contribution in [-0.4, -0.2) is 29.9 Å². The number of amides is 1. The van der Waals surface area contributed by atoms with E-state index in [-0.39, 0.29) is 11.7 Å². The van der Waals surface area contributed by atoms with Gasteiger partial charge in [0.05, 0.1) is 12.8 Å². The number of hydrogen-bond acceptors (Lipinski definition) is 5. The first-order valence-electron chi connectivity index (χ1n) is 8.01. The fourth-order valence-electron chi connectivity index (χ4n) is 2.02. The molecule has 0 fully saturated rings. The van der Waals surface area contributed by atoms with E-state index >= 15 is 0 Å². The van der Waals surface area contributed by atoms with Crippen molar-refractivity contribution in [1.29, 1.82) is 0 Å². The first-order chi connectivity index (χ1) is 12.0. The Labute approximate surface area is 147 Å². The van der Waals surface area contributed by atoms with Crippen molar-refractivity contribution in [2.75, 3.05) is 6.61 Å². The molecule has 132 valence electrons. The molecule has 25 heavy (non-hydrogen) atoms. The molecule has 0 radical (unpaired) electrons. The number of phenols is 1. The lowest BCUT2D eigenvalue weighted by atomic mass is 10.2. The summed E-state index contributed by atoms with van der Waals surface area (Å²) in [6.45, 7) is 5.90. The van der Waals surface area contributed by atoms with E-state index in [2.05, 4.69) is 10.5 Å². The van der Waals surface area contributed by atoms with Crippen molar-refractivity contribution < 1.29 is 19.4 Å². The van der Waals surface area contributed by atoms with E-state index in [1.54, 1.807) is 19.1 Å². The summed E-state index contributed by atoms with van der Waals surface area (Å²) >= 11 is 0. The second kappa shape index (κ2) is 8.73. The second-order valence-corrected chi connectivity index (χ2v) is 5.47. The molecule has 0 heterocycles. The minimum absolute atomic E-state index is 0.0585. The molecule has 1 amide bonds. The Bertz CT molecular complexity index is 742. The predicted molar refractivity (Wildman–Crippen MR) is 96.3 cm³/mol. The maximum Gasteiger partial charge on any atom is 0.280 e. The third-order valence-electron chi connectivity index (χ3n) is 3.38. The molecule has 2 aromatic carbocycles. The van der Waals surface area contributed by atoms with Gasteiger partial charge in [-0.2, -0.15) is 5.10 Å². The molecule has 0 spiro atoms. The summed E-state index contributed by atoms with van der Waals surface area (Å²) in [6, 6.07) is 12.3. The van der Waals surface area contributed by atoms with Crippen molar-refractivity contribution in [3.05, 3.63) is 53.6 Å². The molecule has 2 N–H and O–H groups in total. The molecule has 1 atom stereocenters. The Morgan fingerprint density at radius 3 is 2.68 bits per heavy atom. The van der Waals surface area contributed by atoms with Crippen LogP contribution < -0.4 is 14.9 Å². The number of aryl methyl sites for hydroxylation is 1. The van der Waals surface area contributed by atoms with Crippen LogP contribution in [0, 0.1) is 6.92 Å². The molecule has 6 heteroatoms. The molecule has 0 saturated heterocycles. The normalized spacial score (nSPS) is 12.0. The first kappa shape index (κ1) is 18.3. The van der Waals surface area contributed by atoms with E-state index in [0.29, 0.717) is 23.7 Å². The van der Waals surface area contributed by atoms with E-state index in [4.69, 9.17) is 9.47 Å². The van der Waals surface area contributed by atoms with Crippen LogP contribution in [0.3, 0.4) is 0 Å². The van der Waals surface area contributed by atoms with Crippen molar-refractivity contribution in [3.63, 3.8) is 0 Å². The van der Waals surface area contributed by atoms with E-state index in [1.807, 2.05) is 38.1 Å². The van der Waals surface area contributed by atoms with Crippen molar-refractivity contribution in [3.8, 4) is 17.2 Å². The topological polar surface area (TPSA) is 80.2 Å². The number of aromatic hydroxyl groups is 1. The quantitative estimate of drug-likeness (QED) is 0.599. The van der Waals surface area contributed by atoms with Crippen molar-refractivity contribution >= 4 is 12.1 Å². The third kappa shape index (κ3) is 5.53. The SMILES string of the molecule is CCOc1cc(/C=N\NC(=O)[C@H](C)Oc2ccc(C)cc2)ccc1O. The van der Waals surface area contributed by atoms with Crippen LogP contribution in [0.2, 0.25) is 0 Å². The monoisotopic (exact) mass is 342 g/mol. The number of phenolic OH excluding ortho intramolecular Hbond substituents is 1. The van der Waals surface area contributed by atoms with Gasteiger partial charge in [0.15, 0.2) is 17.6 Å². The summed E-state index contributed by atoms with van der Waals surface area (Å²) in [6.07, 6.45) is 0.789. The lowest BCUT2D eigenvalue weighted by Crippen LogP contribution is -2.33. The Morgan fingerprint density at radius 2 is 2.00 bits per heavy atom. The van der Waals surface area contributed by atoms with E-state index in [9.17, 15) is 9.90 Å². The fourth-order valence-corrected chi connectivity index (χ4v) is 2.02. The predicted octanol–water partition coefficient (Wildman–Crippen LogP) is 3.02. The van der Waals surface area contributed by atoms with Crippen LogP contribution in [0.15, 0.2) is 47.6 Å². The number of hydrazone groups is 1. The summed E-state index contributed by atoms with van der Waals surface area (Å²) in [5.41, 5.74) is 4.24. The summed E-state index contributed by atoms with van der Waals surface area (Å²) in [5, 5.41) is 13.6. The van der Waals surface area contributed by atoms with Crippen LogP contribution >= 0.6 is 0 Å². The highest BCUT2D eigenvalue weighted by atomic mass is 16.5. The molecule has 0 bridgehead atoms. The van der Waals surface area contributed by atoms with Gasteiger partial charge < -0.3 is 14.6 Å². The maximum atomic E-state index is 12.0. The van der Waals surface area contributed by atoms with Crippen LogP contribution in [0.25, 0.3) is 0 Å². The molecule has 0 aliphatic heterocycles. The van der Waals surface area contributed by atoms with Gasteiger partial charge >= 0.3 is 0 Å². The van der Waals surface area contributed by atoms with Gasteiger partial charge in [-0.15, -0.1) is 0 Å². The number of benzene rings is 2. The van der Waals surface area contributed by atoms with Gasteiger partial charge in [0.2, 0.25) is 0 Å². The summed E-state index contributed by atoms with van der Waals surface area (Å²) in [7, 11) is 0. The summed E-state index contributed by atoms with van der Waals surface area (Å²) in [5.74, 6) is 0.690. The molecular weight excluding hydrogens is 320 g/mol. The van der Waals surface area contributed by atoms with Gasteiger partial charge in [-0.05, 0) is 56.7 Å². The zero-order valence-electron chi connectivity index (χ0n) is 14.5. The van der Waals surface area contributed by atoms with Gasteiger partial charge in [-0.25, -0.2) is 5.43 Å². The lowest BCUT2D eigenvalue weighted by molar-refractivity contribution is -0.127. The van der Waals surface area contributed by atoms with Crippen LogP contribution in [0.1, 0.15) is 25.0 Å². The van der Waals surface area contributed by atoms with E-state index in [1.165, 1.54) is 12.3 Å². The van der Waals surface area contributed by atoms with Crippen LogP contribution in [0.4, 0.5) is 0 Å². The minimum Gasteiger partial charge on any atom is -0.504 e. The zero-order chi connectivity index (χ0) is 18.2. The highest BCUT2D eigenvalue weighted by Gasteiger charge is 2.13. The molecule has 0 saturated carbocycles. The Morgan fingerprint density at radius 1 is 1.28 bits per heavy atom. The Kier molecular flexibility index (Phi) is 6.39. The molecular formula is C19H22N2O4. The molecule has 0 aliphatic rings. The molecule has 0 aromatic heterocycles. The second-order valence-electron chi connectivity index (χ2n) is 5.47. The van der Waals surface area contributed by atoms with Gasteiger partial charge in [0, 0.05) is 0 Å². The number of nitrogens with zero attached hydrogens (tertiary/aromatic N) is 1. The molecule has 0 aliphatic carbocycles. The third-order valence-corrected chi connectivity index (χ3v) is 3.38. The van der Waals surface area contributed by atoms with E-state index in [0.717, 1.165) is 5.56 Å². The highest BCUT2D eigenvalue weighted by Crippen LogP contribution is 2.26. The summed E-state index contributed by atoms with van der Waals surface area (Å²) in [4.78, 5) is 12.0. The zero-order valence-corrected chi connectivity index (χ0v) is 14.5. The fraction of sp³-hybridized carbons (Fsp3) is 0.263. The van der Waals surface area contributed by atoms with Gasteiger partial charge in [-0.3, -0.25) is 4.79 Å². The molecule has 2 rings (SSSR count). The smallest absolute Gasteiger partial charge is 0.280 e. The first-order valence-corrected chi connectivity index (χ1v) is 8.01. The average Bonchev–Trinajstić information content (AvgIpc) is 2.59. The van der Waals surface area contributed by atoms with Crippen molar-refractivity contribution in [1.82, 2.24) is 5.43 Å². The molecule has 0 unspecified atom stereocenters. The molecule has 6 nitrogen and oxygen atoms in total. The van der Waals surface area contributed by atoms with Crippen LogP contribution in [-0.2, 0) is 4.79 Å². The van der Waals surface area contributed by atoms with E-state index < -0.39 is 6.10 Å². The number of nitrogens with one attached hydrogen (secondary N) is 1. The number of rotatable bonds is 7. The average molecular weight is 342 g/mol. The Balaban J connectivity index is 1.91. The lowest BCUT2D eigenvalue weighted by Gasteiger charge is -2.13. The molecule has 2 aromatic rings. The van der Waals surface area contributed by atoms with Crippen molar-refractivity contribution in [2.45, 2.75) is 26.9 Å². The highest BCUT2D eigenvalue weighted by molar-refractivity contribution is 5.84. The maximum absolute atomic E-state index is 12.0. The Hall–Kier alpha value is -3.02. The largest absolute Gasteiger partial charge is 0.504 e. The number of carbonyl (C=O) groups is 1. The minimum atomic E-state index is -0.682. The number of hydrogen-bond donors (Lipinski definition) is 2. The van der Waals surface area contributed by atoms with Crippen molar-refractivity contribution in [2.24, 2.45) is 5.10 Å². The van der Waals surface area contributed by atoms with Gasteiger partial charge in [0.1, 0.15) is 5.75 Å². The standard InChI is InChI=1S/C19H22N2O4/c1-4-24-18-11-15(7-10-17(18)22)12-20-21-19(23)14(3)25-16-8-5-13(2)6-9-16/h5-12,14,22H,4H2,1-3H3,(H,21,23)/b20-12-/t14-/m0/s1. The van der Waals surface area contributed by atoms with Gasteiger partial charge in [0.25, 0.3) is 5.91 Å². The summed E-state index contributed by atoms with van der Waals surface area (Å²) < 4.78 is 10.9. The van der Waals surface area contributed by atoms with Crippen LogP contribution in [0.5, 0.6) is 17.2 Å². The van der Waals surface area contributed by atoms with Gasteiger partial charge in [-0.1, -0.05) is 17.7 Å². The number of ether oxygens (including phenoxy) is 2.